The molecule has 0 unspecified atom stereocenters. The number of ketones is 3. The van der Waals surface area contributed by atoms with Crippen molar-refractivity contribution in [2.24, 2.45) is 17.8 Å². The van der Waals surface area contributed by atoms with Crippen LogP contribution in [0.15, 0.2) is 0 Å². The van der Waals surface area contributed by atoms with Crippen LogP contribution in [-0.2, 0) is 23.9 Å². The van der Waals surface area contributed by atoms with Crippen molar-refractivity contribution in [3.05, 3.63) is 0 Å². The smallest absolute Gasteiger partial charge is 0.309 e. The third kappa shape index (κ3) is 4.25. The number of hydrogen-bond acceptors (Lipinski definition) is 5. The molecule has 1 fully saturated rings. The second kappa shape index (κ2) is 7.31. The lowest BCUT2D eigenvalue weighted by Gasteiger charge is -2.24. The van der Waals surface area contributed by atoms with E-state index in [9.17, 15) is 19.2 Å². The molecule has 112 valence electrons. The molecule has 0 radical (unpaired) electrons. The van der Waals surface area contributed by atoms with Gasteiger partial charge in [0.1, 0.15) is 5.92 Å². The van der Waals surface area contributed by atoms with E-state index in [1.54, 1.807) is 0 Å². The van der Waals surface area contributed by atoms with E-state index in [2.05, 4.69) is 0 Å². The summed E-state index contributed by atoms with van der Waals surface area (Å²) in [5.74, 6) is -3.38. The Balaban J connectivity index is 2.64. The number of rotatable bonds is 6. The first-order valence-electron chi connectivity index (χ1n) is 7.11. The lowest BCUT2D eigenvalue weighted by molar-refractivity contribution is -0.157. The molecular formula is C15H22O5. The van der Waals surface area contributed by atoms with E-state index < -0.39 is 29.4 Å². The molecule has 1 rings (SSSR count). The van der Waals surface area contributed by atoms with Crippen LogP contribution in [-0.4, -0.2) is 29.9 Å². The molecule has 0 amide bonds. The summed E-state index contributed by atoms with van der Waals surface area (Å²) >= 11 is 0. The van der Waals surface area contributed by atoms with Crippen molar-refractivity contribution in [2.75, 3.05) is 6.61 Å². The topological polar surface area (TPSA) is 77.5 Å². The molecule has 0 N–H and O–H groups in total. The second-order valence-electron chi connectivity index (χ2n) is 5.71. The van der Waals surface area contributed by atoms with Gasteiger partial charge in [0.05, 0.1) is 12.5 Å². The number of Topliss-reactive ketones (excluding diaryl/α,β-unsaturated/α-hetero) is 3. The molecule has 0 aliphatic heterocycles. The SMILES string of the molecule is CCCC(=O)C1C(=O)CC(C(=O)OCC(C)C)CC1=O. The molecule has 0 atom stereocenters. The van der Waals surface area contributed by atoms with Gasteiger partial charge in [-0.15, -0.1) is 0 Å². The zero-order chi connectivity index (χ0) is 15.3. The summed E-state index contributed by atoms with van der Waals surface area (Å²) in [6.45, 7) is 5.91. The number of hydrogen-bond donors (Lipinski definition) is 0. The average Bonchev–Trinajstić information content (AvgIpc) is 2.35. The van der Waals surface area contributed by atoms with E-state index in [0.29, 0.717) is 6.42 Å². The van der Waals surface area contributed by atoms with Gasteiger partial charge in [-0.05, 0) is 12.3 Å². The zero-order valence-electron chi connectivity index (χ0n) is 12.3. The monoisotopic (exact) mass is 282 g/mol. The Morgan fingerprint density at radius 3 is 2.20 bits per heavy atom. The van der Waals surface area contributed by atoms with Crippen molar-refractivity contribution in [1.82, 2.24) is 0 Å². The van der Waals surface area contributed by atoms with Gasteiger partial charge >= 0.3 is 5.97 Å². The lowest BCUT2D eigenvalue weighted by Crippen LogP contribution is -2.41. The summed E-state index contributed by atoms with van der Waals surface area (Å²) < 4.78 is 5.05. The number of esters is 1. The van der Waals surface area contributed by atoms with Gasteiger partial charge in [0.2, 0.25) is 0 Å². The fraction of sp³-hybridized carbons (Fsp3) is 0.733. The summed E-state index contributed by atoms with van der Waals surface area (Å²) in [5, 5.41) is 0. The van der Waals surface area contributed by atoms with Gasteiger partial charge in [-0.25, -0.2) is 0 Å². The van der Waals surface area contributed by atoms with Gasteiger partial charge in [0.15, 0.2) is 17.3 Å². The Labute approximate surface area is 119 Å². The van der Waals surface area contributed by atoms with Crippen molar-refractivity contribution in [2.45, 2.75) is 46.5 Å². The largest absolute Gasteiger partial charge is 0.465 e. The van der Waals surface area contributed by atoms with Gasteiger partial charge < -0.3 is 4.74 Å². The Bertz CT molecular complexity index is 392. The van der Waals surface area contributed by atoms with E-state index in [0.717, 1.165) is 0 Å². The fourth-order valence-corrected chi connectivity index (χ4v) is 2.26. The van der Waals surface area contributed by atoms with Crippen LogP contribution < -0.4 is 0 Å². The Hall–Kier alpha value is -1.52. The standard InChI is InChI=1S/C15H22O5/c1-4-5-11(16)14-12(17)6-10(7-13(14)18)15(19)20-8-9(2)3/h9-10,14H,4-8H2,1-3H3. The molecule has 20 heavy (non-hydrogen) atoms. The van der Waals surface area contributed by atoms with Crippen LogP contribution in [0.2, 0.25) is 0 Å². The summed E-state index contributed by atoms with van der Waals surface area (Å²) in [6.07, 6.45) is 0.700. The van der Waals surface area contributed by atoms with E-state index in [1.807, 2.05) is 20.8 Å². The molecule has 0 aromatic heterocycles. The quantitative estimate of drug-likeness (QED) is 0.547. The van der Waals surface area contributed by atoms with Crippen molar-refractivity contribution in [3.8, 4) is 0 Å². The second-order valence-corrected chi connectivity index (χ2v) is 5.71. The van der Waals surface area contributed by atoms with E-state index in [1.165, 1.54) is 0 Å². The van der Waals surface area contributed by atoms with Crippen LogP contribution in [0, 0.1) is 17.8 Å². The molecule has 1 aliphatic rings. The molecule has 1 saturated carbocycles. The van der Waals surface area contributed by atoms with Gasteiger partial charge in [-0.3, -0.25) is 19.2 Å². The van der Waals surface area contributed by atoms with Gasteiger partial charge in [0, 0.05) is 19.3 Å². The van der Waals surface area contributed by atoms with Gasteiger partial charge in [-0.2, -0.15) is 0 Å². The van der Waals surface area contributed by atoms with Crippen molar-refractivity contribution < 1.29 is 23.9 Å². The predicted molar refractivity (Wildman–Crippen MR) is 71.9 cm³/mol. The highest BCUT2D eigenvalue weighted by atomic mass is 16.5. The lowest BCUT2D eigenvalue weighted by atomic mass is 9.77. The first kappa shape index (κ1) is 16.5. The average molecular weight is 282 g/mol. The van der Waals surface area contributed by atoms with Crippen LogP contribution >= 0.6 is 0 Å². The molecule has 0 aromatic rings. The molecule has 0 heterocycles. The van der Waals surface area contributed by atoms with Crippen molar-refractivity contribution >= 4 is 23.3 Å². The molecule has 0 saturated heterocycles. The van der Waals surface area contributed by atoms with Gasteiger partial charge in [0.25, 0.3) is 0 Å². The maximum absolute atomic E-state index is 11.9. The third-order valence-electron chi connectivity index (χ3n) is 3.25. The Kier molecular flexibility index (Phi) is 6.05. The van der Waals surface area contributed by atoms with Crippen LogP contribution in [0.5, 0.6) is 0 Å². The normalized spacial score (nSPS) is 23.0. The van der Waals surface area contributed by atoms with Crippen molar-refractivity contribution in [1.29, 1.82) is 0 Å². The first-order chi connectivity index (χ1) is 9.36. The first-order valence-corrected chi connectivity index (χ1v) is 7.11. The molecule has 5 nitrogen and oxygen atoms in total. The van der Waals surface area contributed by atoms with E-state index in [4.69, 9.17) is 4.74 Å². The molecular weight excluding hydrogens is 260 g/mol. The van der Waals surface area contributed by atoms with E-state index in [-0.39, 0.29) is 37.6 Å². The molecule has 0 aromatic carbocycles. The summed E-state index contributed by atoms with van der Waals surface area (Å²) in [4.78, 5) is 47.4. The molecule has 0 spiro atoms. The number of carbonyl (C=O) groups is 4. The zero-order valence-corrected chi connectivity index (χ0v) is 12.3. The van der Waals surface area contributed by atoms with Crippen LogP contribution in [0.25, 0.3) is 0 Å². The highest BCUT2D eigenvalue weighted by Gasteiger charge is 2.42. The Morgan fingerprint density at radius 2 is 1.75 bits per heavy atom. The third-order valence-corrected chi connectivity index (χ3v) is 3.25. The Morgan fingerprint density at radius 1 is 1.20 bits per heavy atom. The molecule has 1 aliphatic carbocycles. The maximum Gasteiger partial charge on any atom is 0.309 e. The summed E-state index contributed by atoms with van der Waals surface area (Å²) in [5.41, 5.74) is 0. The highest BCUT2D eigenvalue weighted by Crippen LogP contribution is 2.26. The minimum atomic E-state index is -1.15. The minimum absolute atomic E-state index is 0.0667. The van der Waals surface area contributed by atoms with Crippen LogP contribution in [0.1, 0.15) is 46.5 Å². The minimum Gasteiger partial charge on any atom is -0.465 e. The highest BCUT2D eigenvalue weighted by molar-refractivity contribution is 6.21. The molecule has 0 bridgehead atoms. The predicted octanol–water partition coefficient (Wildman–Crippen LogP) is 1.72. The fourth-order valence-electron chi connectivity index (χ4n) is 2.26. The van der Waals surface area contributed by atoms with E-state index >= 15 is 0 Å². The number of carbonyl (C=O) groups excluding carboxylic acids is 4. The number of ether oxygens (including phenoxy) is 1. The van der Waals surface area contributed by atoms with Crippen LogP contribution in [0.4, 0.5) is 0 Å². The maximum atomic E-state index is 11.9. The molecule has 5 heteroatoms. The van der Waals surface area contributed by atoms with Crippen molar-refractivity contribution in [3.63, 3.8) is 0 Å². The summed E-state index contributed by atoms with van der Waals surface area (Å²) in [6, 6.07) is 0. The summed E-state index contributed by atoms with van der Waals surface area (Å²) in [7, 11) is 0. The van der Waals surface area contributed by atoms with Crippen LogP contribution in [0.3, 0.4) is 0 Å². The van der Waals surface area contributed by atoms with Gasteiger partial charge in [-0.1, -0.05) is 20.8 Å².